The topological polar surface area (TPSA) is 40.5 Å². The molecular weight excluding hydrogens is 310 g/mol. The van der Waals surface area contributed by atoms with Crippen LogP contribution in [0.15, 0.2) is 60.7 Å². The molecule has 1 saturated heterocycles. The minimum atomic E-state index is -0.989. The minimum Gasteiger partial charge on any atom is -0.380 e. The largest absolute Gasteiger partial charge is 0.380 e. The van der Waals surface area contributed by atoms with Gasteiger partial charge in [0.15, 0.2) is 0 Å². The Kier molecular flexibility index (Phi) is 5.67. The molecule has 2 aromatic rings. The van der Waals surface area contributed by atoms with E-state index in [0.717, 1.165) is 49.8 Å². The Labute approximate surface area is 150 Å². The first-order chi connectivity index (χ1) is 12.2. The van der Waals surface area contributed by atoms with E-state index in [-0.39, 0.29) is 12.0 Å². The zero-order valence-corrected chi connectivity index (χ0v) is 14.8. The molecule has 3 heteroatoms. The molecule has 25 heavy (non-hydrogen) atoms. The first-order valence-corrected chi connectivity index (χ1v) is 9.23. The Morgan fingerprint density at radius 3 is 1.92 bits per heavy atom. The van der Waals surface area contributed by atoms with Crippen LogP contribution >= 0.6 is 0 Å². The van der Waals surface area contributed by atoms with Crippen molar-refractivity contribution in [3.8, 4) is 0 Å². The highest BCUT2D eigenvalue weighted by Gasteiger charge is 2.42. The lowest BCUT2D eigenvalue weighted by Crippen LogP contribution is -2.47. The summed E-state index contributed by atoms with van der Waals surface area (Å²) < 4.78 is 0. The Morgan fingerprint density at radius 1 is 1.04 bits per heavy atom. The minimum absolute atomic E-state index is 0.00231. The zero-order valence-electron chi connectivity index (χ0n) is 14.8. The molecule has 0 aliphatic carbocycles. The van der Waals surface area contributed by atoms with Gasteiger partial charge in [0.25, 0.3) is 0 Å². The van der Waals surface area contributed by atoms with Crippen molar-refractivity contribution in [3.63, 3.8) is 0 Å². The Morgan fingerprint density at radius 2 is 1.52 bits per heavy atom. The lowest BCUT2D eigenvalue weighted by atomic mass is 9.72. The van der Waals surface area contributed by atoms with Gasteiger partial charge in [-0.15, -0.1) is 0 Å². The molecule has 1 heterocycles. The molecule has 1 atom stereocenters. The van der Waals surface area contributed by atoms with Gasteiger partial charge < -0.3 is 9.90 Å². The fourth-order valence-corrected chi connectivity index (χ4v) is 4.11. The number of nitrogens with zero attached hydrogens (tertiary/aromatic N) is 1. The van der Waals surface area contributed by atoms with E-state index in [1.165, 1.54) is 0 Å². The van der Waals surface area contributed by atoms with E-state index in [1.807, 2.05) is 60.7 Å². The van der Waals surface area contributed by atoms with Crippen molar-refractivity contribution in [3.05, 3.63) is 71.8 Å². The first kappa shape index (κ1) is 17.8. The third-order valence-electron chi connectivity index (χ3n) is 5.59. The normalized spacial score (nSPS) is 18.0. The van der Waals surface area contributed by atoms with E-state index in [1.54, 1.807) is 0 Å². The van der Waals surface area contributed by atoms with Gasteiger partial charge in [-0.2, -0.15) is 0 Å². The Bertz CT molecular complexity index is 623. The van der Waals surface area contributed by atoms with Crippen molar-refractivity contribution in [2.24, 2.45) is 5.92 Å². The van der Waals surface area contributed by atoms with Gasteiger partial charge in [-0.25, -0.2) is 0 Å². The molecule has 132 valence electrons. The van der Waals surface area contributed by atoms with Crippen molar-refractivity contribution >= 4 is 6.29 Å². The molecule has 0 bridgehead atoms. The maximum Gasteiger partial charge on any atom is 0.137 e. The summed E-state index contributed by atoms with van der Waals surface area (Å²) in [5.74, 6) is 0.137. The van der Waals surface area contributed by atoms with E-state index >= 15 is 0 Å². The van der Waals surface area contributed by atoms with Crippen LogP contribution in [0.3, 0.4) is 0 Å². The highest BCUT2D eigenvalue weighted by atomic mass is 16.3. The quantitative estimate of drug-likeness (QED) is 0.819. The highest BCUT2D eigenvalue weighted by Crippen LogP contribution is 2.42. The van der Waals surface area contributed by atoms with E-state index in [0.29, 0.717) is 0 Å². The molecule has 1 N–H and O–H groups in total. The van der Waals surface area contributed by atoms with Crippen molar-refractivity contribution in [1.29, 1.82) is 0 Å². The van der Waals surface area contributed by atoms with Gasteiger partial charge >= 0.3 is 0 Å². The summed E-state index contributed by atoms with van der Waals surface area (Å²) in [5.41, 5.74) is 0.904. The molecule has 0 amide bonds. The molecule has 0 radical (unpaired) electrons. The fraction of sp³-hybridized carbons (Fsp3) is 0.409. The van der Waals surface area contributed by atoms with Crippen molar-refractivity contribution in [2.75, 3.05) is 13.1 Å². The number of rotatable bonds is 6. The van der Waals surface area contributed by atoms with Crippen LogP contribution in [0.5, 0.6) is 0 Å². The maximum absolute atomic E-state index is 11.8. The molecule has 1 aliphatic heterocycles. The van der Waals surface area contributed by atoms with E-state index in [4.69, 9.17) is 0 Å². The van der Waals surface area contributed by atoms with E-state index < -0.39 is 5.60 Å². The van der Waals surface area contributed by atoms with Crippen LogP contribution in [0.4, 0.5) is 0 Å². The molecule has 0 spiro atoms. The predicted molar refractivity (Wildman–Crippen MR) is 100 cm³/mol. The lowest BCUT2D eigenvalue weighted by Gasteiger charge is -2.43. The number of carbonyl (C=O) groups excluding carboxylic acids is 1. The second-order valence-corrected chi connectivity index (χ2v) is 6.92. The second kappa shape index (κ2) is 7.94. The summed E-state index contributed by atoms with van der Waals surface area (Å²) in [6.07, 6.45) is 3.66. The van der Waals surface area contributed by atoms with Gasteiger partial charge in [0.2, 0.25) is 0 Å². The molecule has 3 rings (SSSR count). The van der Waals surface area contributed by atoms with Crippen LogP contribution in [0, 0.1) is 5.92 Å². The zero-order chi connectivity index (χ0) is 17.7. The smallest absolute Gasteiger partial charge is 0.137 e. The number of aldehydes is 1. The summed E-state index contributed by atoms with van der Waals surface area (Å²) in [7, 11) is 0. The van der Waals surface area contributed by atoms with Crippen LogP contribution in [-0.2, 0) is 10.4 Å². The molecule has 0 saturated carbocycles. The van der Waals surface area contributed by atoms with Gasteiger partial charge in [-0.3, -0.25) is 4.90 Å². The summed E-state index contributed by atoms with van der Waals surface area (Å²) in [6, 6.07) is 20.0. The van der Waals surface area contributed by atoms with Crippen molar-refractivity contribution < 1.29 is 9.90 Å². The number of benzene rings is 2. The van der Waals surface area contributed by atoms with Gasteiger partial charge in [-0.05, 0) is 49.4 Å². The number of hydrogen-bond acceptors (Lipinski definition) is 3. The third-order valence-corrected chi connectivity index (χ3v) is 5.59. The predicted octanol–water partition coefficient (Wildman–Crippen LogP) is 3.61. The van der Waals surface area contributed by atoms with Gasteiger partial charge in [0.05, 0.1) is 6.04 Å². The number of hydrogen-bond donors (Lipinski definition) is 1. The van der Waals surface area contributed by atoms with Crippen molar-refractivity contribution in [1.82, 2.24) is 4.90 Å². The summed E-state index contributed by atoms with van der Waals surface area (Å²) in [5, 5.41) is 11.8. The highest BCUT2D eigenvalue weighted by molar-refractivity contribution is 5.57. The molecule has 3 nitrogen and oxygen atoms in total. The van der Waals surface area contributed by atoms with Crippen LogP contribution in [-0.4, -0.2) is 35.4 Å². The molecule has 0 aromatic heterocycles. The molecule has 2 aromatic carbocycles. The van der Waals surface area contributed by atoms with Crippen LogP contribution in [0.25, 0.3) is 0 Å². The SMILES string of the molecule is CCC(C=O)N1CCC(C(O)(c2ccccc2)c2ccccc2)CC1. The van der Waals surface area contributed by atoms with Gasteiger partial charge in [0, 0.05) is 0 Å². The molecular formula is C22H27NO2. The molecule has 1 aliphatic rings. The fourth-order valence-electron chi connectivity index (χ4n) is 4.11. The number of likely N-dealkylation sites (tertiary alicyclic amines) is 1. The Hall–Kier alpha value is -1.97. The number of aliphatic hydroxyl groups is 1. The van der Waals surface area contributed by atoms with Gasteiger partial charge in [-0.1, -0.05) is 67.6 Å². The second-order valence-electron chi connectivity index (χ2n) is 6.92. The summed E-state index contributed by atoms with van der Waals surface area (Å²) in [6.45, 7) is 3.75. The van der Waals surface area contributed by atoms with Crippen LogP contribution < -0.4 is 0 Å². The average molecular weight is 337 g/mol. The first-order valence-electron chi connectivity index (χ1n) is 9.23. The standard InChI is InChI=1S/C22H27NO2/c1-2-21(17-24)23-15-13-20(14-16-23)22(25,18-9-5-3-6-10-18)19-11-7-4-8-12-19/h3-12,17,20-21,25H,2,13-16H2,1H3. The molecule has 1 fully saturated rings. The molecule has 1 unspecified atom stereocenters. The van der Waals surface area contributed by atoms with Crippen molar-refractivity contribution in [2.45, 2.75) is 37.8 Å². The third kappa shape index (κ3) is 3.53. The lowest BCUT2D eigenvalue weighted by molar-refractivity contribution is -0.113. The summed E-state index contributed by atoms with van der Waals surface area (Å²) in [4.78, 5) is 13.5. The van der Waals surface area contributed by atoms with Crippen LogP contribution in [0.1, 0.15) is 37.3 Å². The monoisotopic (exact) mass is 337 g/mol. The Balaban J connectivity index is 1.89. The maximum atomic E-state index is 11.8. The number of carbonyl (C=O) groups is 1. The summed E-state index contributed by atoms with van der Waals surface area (Å²) >= 11 is 0. The average Bonchev–Trinajstić information content (AvgIpc) is 2.70. The van der Waals surface area contributed by atoms with E-state index in [2.05, 4.69) is 11.8 Å². The van der Waals surface area contributed by atoms with Crippen LogP contribution in [0.2, 0.25) is 0 Å². The number of piperidine rings is 1. The van der Waals surface area contributed by atoms with E-state index in [9.17, 15) is 9.90 Å². The van der Waals surface area contributed by atoms with Gasteiger partial charge in [0.1, 0.15) is 11.9 Å².